The van der Waals surface area contributed by atoms with Gasteiger partial charge in [0.05, 0.1) is 13.0 Å². The molecule has 154 valence electrons. The first-order valence-corrected chi connectivity index (χ1v) is 10.2. The van der Waals surface area contributed by atoms with Crippen molar-refractivity contribution in [3.8, 4) is 5.75 Å². The Hall–Kier alpha value is -2.82. The topological polar surface area (TPSA) is 49.9 Å². The molecule has 3 rings (SSSR count). The molecule has 29 heavy (non-hydrogen) atoms. The lowest BCUT2D eigenvalue weighted by molar-refractivity contribution is -0.140. The number of rotatable bonds is 7. The summed E-state index contributed by atoms with van der Waals surface area (Å²) >= 11 is 0. The molecule has 0 saturated carbocycles. The Morgan fingerprint density at radius 2 is 1.34 bits per heavy atom. The zero-order valence-electron chi connectivity index (χ0n) is 17.3. The van der Waals surface area contributed by atoms with Gasteiger partial charge in [-0.3, -0.25) is 9.59 Å². The Balaban J connectivity index is 1.42. The second-order valence-corrected chi connectivity index (χ2v) is 8.10. The lowest BCUT2D eigenvalue weighted by atomic mass is 9.81. The normalized spacial score (nSPS) is 14.6. The summed E-state index contributed by atoms with van der Waals surface area (Å²) in [5, 5.41) is 0. The van der Waals surface area contributed by atoms with Crippen molar-refractivity contribution in [1.82, 2.24) is 9.80 Å². The van der Waals surface area contributed by atoms with E-state index in [9.17, 15) is 9.59 Å². The number of para-hydroxylation sites is 1. The number of hydrogen-bond donors (Lipinski definition) is 0. The molecule has 0 aliphatic carbocycles. The van der Waals surface area contributed by atoms with Crippen molar-refractivity contribution in [2.24, 2.45) is 0 Å². The molecule has 0 unspecified atom stereocenters. The number of carbonyl (C=O) groups is 2. The van der Waals surface area contributed by atoms with Crippen LogP contribution in [0.3, 0.4) is 0 Å². The van der Waals surface area contributed by atoms with E-state index >= 15 is 0 Å². The van der Waals surface area contributed by atoms with Crippen molar-refractivity contribution >= 4 is 11.8 Å². The number of piperazine rings is 1. The highest BCUT2D eigenvalue weighted by molar-refractivity contribution is 5.79. The lowest BCUT2D eigenvalue weighted by Gasteiger charge is -2.36. The predicted octanol–water partition coefficient (Wildman–Crippen LogP) is 3.49. The zero-order valence-corrected chi connectivity index (χ0v) is 17.3. The molecule has 0 radical (unpaired) electrons. The summed E-state index contributed by atoms with van der Waals surface area (Å²) in [5.41, 5.74) is 0.959. The standard InChI is InChI=1S/C24H30N2O3/c1-24(2,20-9-5-3-6-10-20)19-23(28)26-16-14-25(15-17-26)22(27)13-18-29-21-11-7-4-8-12-21/h3-12H,13-19H2,1-2H3. The molecule has 2 aromatic carbocycles. The van der Waals surface area contributed by atoms with Gasteiger partial charge < -0.3 is 14.5 Å². The van der Waals surface area contributed by atoms with Gasteiger partial charge in [-0.05, 0) is 23.1 Å². The summed E-state index contributed by atoms with van der Waals surface area (Å²) in [6, 6.07) is 19.7. The minimum atomic E-state index is -0.208. The van der Waals surface area contributed by atoms with Crippen molar-refractivity contribution in [2.75, 3.05) is 32.8 Å². The molecule has 2 amide bonds. The molecule has 1 fully saturated rings. The summed E-state index contributed by atoms with van der Waals surface area (Å²) in [5.74, 6) is 1.01. The van der Waals surface area contributed by atoms with Crippen LogP contribution in [-0.4, -0.2) is 54.4 Å². The van der Waals surface area contributed by atoms with E-state index in [1.54, 1.807) is 0 Å². The molecule has 5 heteroatoms. The van der Waals surface area contributed by atoms with Gasteiger partial charge in [0.25, 0.3) is 0 Å². The molecular formula is C24H30N2O3. The van der Waals surface area contributed by atoms with Gasteiger partial charge in [0.1, 0.15) is 5.75 Å². The molecule has 1 saturated heterocycles. The second-order valence-electron chi connectivity index (χ2n) is 8.10. The van der Waals surface area contributed by atoms with Gasteiger partial charge in [-0.25, -0.2) is 0 Å². The summed E-state index contributed by atoms with van der Waals surface area (Å²) in [6.45, 7) is 6.93. The minimum absolute atomic E-state index is 0.0812. The van der Waals surface area contributed by atoms with Crippen LogP contribution in [0.25, 0.3) is 0 Å². The molecule has 0 bridgehead atoms. The van der Waals surface area contributed by atoms with Crippen LogP contribution in [0.15, 0.2) is 60.7 Å². The lowest BCUT2D eigenvalue weighted by Crippen LogP contribution is -2.51. The van der Waals surface area contributed by atoms with Crippen LogP contribution in [0.5, 0.6) is 5.75 Å². The third-order valence-electron chi connectivity index (χ3n) is 5.46. The van der Waals surface area contributed by atoms with Gasteiger partial charge in [-0.2, -0.15) is 0 Å². The highest BCUT2D eigenvalue weighted by Crippen LogP contribution is 2.27. The van der Waals surface area contributed by atoms with E-state index in [0.29, 0.717) is 45.6 Å². The van der Waals surface area contributed by atoms with E-state index in [4.69, 9.17) is 4.74 Å². The van der Waals surface area contributed by atoms with E-state index in [0.717, 1.165) is 5.75 Å². The fourth-order valence-electron chi connectivity index (χ4n) is 3.62. The zero-order chi connectivity index (χ0) is 20.7. The van der Waals surface area contributed by atoms with Gasteiger partial charge >= 0.3 is 0 Å². The molecule has 1 aliphatic rings. The Morgan fingerprint density at radius 1 is 0.828 bits per heavy atom. The molecule has 0 aromatic heterocycles. The van der Waals surface area contributed by atoms with Crippen molar-refractivity contribution in [2.45, 2.75) is 32.1 Å². The monoisotopic (exact) mass is 394 g/mol. The average molecular weight is 395 g/mol. The maximum absolute atomic E-state index is 12.8. The summed E-state index contributed by atoms with van der Waals surface area (Å²) in [4.78, 5) is 28.9. The molecule has 0 N–H and O–H groups in total. The first-order valence-electron chi connectivity index (χ1n) is 10.2. The first kappa shape index (κ1) is 20.9. The van der Waals surface area contributed by atoms with Crippen LogP contribution in [0, 0.1) is 0 Å². The van der Waals surface area contributed by atoms with Crippen LogP contribution in [-0.2, 0) is 15.0 Å². The first-order chi connectivity index (χ1) is 14.0. The molecular weight excluding hydrogens is 364 g/mol. The number of hydrogen-bond acceptors (Lipinski definition) is 3. The third-order valence-corrected chi connectivity index (χ3v) is 5.46. The summed E-state index contributed by atoms with van der Waals surface area (Å²) in [7, 11) is 0. The highest BCUT2D eigenvalue weighted by Gasteiger charge is 2.29. The average Bonchev–Trinajstić information content (AvgIpc) is 2.75. The van der Waals surface area contributed by atoms with Crippen LogP contribution in [0.4, 0.5) is 0 Å². The molecule has 5 nitrogen and oxygen atoms in total. The molecule has 1 heterocycles. The molecule has 1 aliphatic heterocycles. The fraction of sp³-hybridized carbons (Fsp3) is 0.417. The van der Waals surface area contributed by atoms with Crippen LogP contribution in [0.2, 0.25) is 0 Å². The Labute approximate surface area is 173 Å². The fourth-order valence-corrected chi connectivity index (χ4v) is 3.62. The number of amides is 2. The minimum Gasteiger partial charge on any atom is -0.493 e. The van der Waals surface area contributed by atoms with E-state index in [2.05, 4.69) is 26.0 Å². The van der Waals surface area contributed by atoms with Crippen LogP contribution in [0.1, 0.15) is 32.3 Å². The van der Waals surface area contributed by atoms with Crippen molar-refractivity contribution in [1.29, 1.82) is 0 Å². The van der Waals surface area contributed by atoms with Crippen LogP contribution >= 0.6 is 0 Å². The molecule has 2 aromatic rings. The maximum Gasteiger partial charge on any atom is 0.226 e. The summed E-state index contributed by atoms with van der Waals surface area (Å²) in [6.07, 6.45) is 0.819. The third kappa shape index (κ3) is 5.83. The van der Waals surface area contributed by atoms with Gasteiger partial charge in [-0.1, -0.05) is 62.4 Å². The number of nitrogens with zero attached hydrogens (tertiary/aromatic N) is 2. The largest absolute Gasteiger partial charge is 0.493 e. The smallest absolute Gasteiger partial charge is 0.226 e. The number of ether oxygens (including phenoxy) is 1. The van der Waals surface area contributed by atoms with E-state index in [1.165, 1.54) is 5.56 Å². The van der Waals surface area contributed by atoms with Crippen molar-refractivity contribution in [3.63, 3.8) is 0 Å². The van der Waals surface area contributed by atoms with E-state index in [-0.39, 0.29) is 17.2 Å². The quantitative estimate of drug-likeness (QED) is 0.722. The number of benzene rings is 2. The van der Waals surface area contributed by atoms with Crippen molar-refractivity contribution < 1.29 is 14.3 Å². The van der Waals surface area contributed by atoms with Crippen molar-refractivity contribution in [3.05, 3.63) is 66.2 Å². The Bertz CT molecular complexity index is 797. The Kier molecular flexibility index (Phi) is 6.91. The van der Waals surface area contributed by atoms with E-state index < -0.39 is 0 Å². The maximum atomic E-state index is 12.8. The number of carbonyl (C=O) groups excluding carboxylic acids is 2. The Morgan fingerprint density at radius 3 is 1.93 bits per heavy atom. The van der Waals surface area contributed by atoms with Gasteiger partial charge in [0.15, 0.2) is 0 Å². The van der Waals surface area contributed by atoms with E-state index in [1.807, 2.05) is 58.3 Å². The predicted molar refractivity (Wildman–Crippen MR) is 114 cm³/mol. The van der Waals surface area contributed by atoms with Gasteiger partial charge in [0, 0.05) is 32.6 Å². The second kappa shape index (κ2) is 9.59. The molecule has 0 atom stereocenters. The molecule has 0 spiro atoms. The van der Waals surface area contributed by atoms with Crippen LogP contribution < -0.4 is 4.74 Å². The highest BCUT2D eigenvalue weighted by atomic mass is 16.5. The van der Waals surface area contributed by atoms with Gasteiger partial charge in [0.2, 0.25) is 11.8 Å². The van der Waals surface area contributed by atoms with Gasteiger partial charge in [-0.15, -0.1) is 0 Å². The summed E-state index contributed by atoms with van der Waals surface area (Å²) < 4.78 is 5.61. The SMILES string of the molecule is CC(C)(CC(=O)N1CCN(C(=O)CCOc2ccccc2)CC1)c1ccccc1.